The lowest BCUT2D eigenvalue weighted by Crippen LogP contribution is -2.55. The van der Waals surface area contributed by atoms with E-state index in [-0.39, 0.29) is 11.9 Å². The summed E-state index contributed by atoms with van der Waals surface area (Å²) in [5.74, 6) is 0.206. The third-order valence-corrected chi connectivity index (χ3v) is 3.93. The molecule has 1 unspecified atom stereocenters. The van der Waals surface area contributed by atoms with E-state index in [9.17, 15) is 4.79 Å². The molecule has 0 radical (unpaired) electrons. The quantitative estimate of drug-likeness (QED) is 0.637. The zero-order chi connectivity index (χ0) is 13.7. The summed E-state index contributed by atoms with van der Waals surface area (Å²) in [6, 6.07) is 2.11. The molecule has 0 aromatic heterocycles. The van der Waals surface area contributed by atoms with Crippen LogP contribution in [0.2, 0.25) is 0 Å². The third-order valence-electron chi connectivity index (χ3n) is 3.93. The van der Waals surface area contributed by atoms with Gasteiger partial charge in [0.05, 0.1) is 31.9 Å². The number of piperazine rings is 1. The highest BCUT2D eigenvalue weighted by atomic mass is 16.5. The monoisotopic (exact) mass is 266 g/mol. The standard InChI is InChI=1S/C13H22N4O2/c1-12(13(18)17-8-10-19-11-9-17)16-6-4-15(3-2-14)5-7-16/h12H,3-11H2,1H3. The molecule has 2 rings (SSSR count). The number of morpholine rings is 1. The summed E-state index contributed by atoms with van der Waals surface area (Å²) in [6.45, 7) is 8.63. The Hall–Kier alpha value is -1.16. The fraction of sp³-hybridized carbons (Fsp3) is 0.846. The van der Waals surface area contributed by atoms with Crippen LogP contribution in [-0.4, -0.2) is 85.7 Å². The predicted octanol–water partition coefficient (Wildman–Crippen LogP) is -0.625. The van der Waals surface area contributed by atoms with Crippen molar-refractivity contribution in [1.82, 2.24) is 14.7 Å². The number of carbonyl (C=O) groups is 1. The van der Waals surface area contributed by atoms with Gasteiger partial charge in [0.25, 0.3) is 0 Å². The van der Waals surface area contributed by atoms with E-state index in [0.717, 1.165) is 26.2 Å². The maximum Gasteiger partial charge on any atom is 0.239 e. The van der Waals surface area contributed by atoms with Crippen molar-refractivity contribution in [3.05, 3.63) is 0 Å². The van der Waals surface area contributed by atoms with Gasteiger partial charge in [-0.25, -0.2) is 0 Å². The first-order chi connectivity index (χ1) is 9.22. The minimum Gasteiger partial charge on any atom is -0.378 e. The molecule has 6 heteroatoms. The smallest absolute Gasteiger partial charge is 0.239 e. The number of hydrogen-bond acceptors (Lipinski definition) is 5. The second kappa shape index (κ2) is 6.85. The van der Waals surface area contributed by atoms with Crippen LogP contribution in [0.15, 0.2) is 0 Å². The van der Waals surface area contributed by atoms with Crippen LogP contribution in [-0.2, 0) is 9.53 Å². The molecule has 0 aliphatic carbocycles. The SMILES string of the molecule is CC(C(=O)N1CCOCC1)N1CCN(CC#N)CC1. The van der Waals surface area contributed by atoms with Crippen molar-refractivity contribution >= 4 is 5.91 Å². The van der Waals surface area contributed by atoms with Crippen LogP contribution in [0.5, 0.6) is 0 Å². The average Bonchev–Trinajstić information content (AvgIpc) is 2.48. The lowest BCUT2D eigenvalue weighted by Gasteiger charge is -2.38. The molecule has 19 heavy (non-hydrogen) atoms. The molecule has 106 valence electrons. The first kappa shape index (κ1) is 14.3. The molecule has 0 saturated carbocycles. The Balaban J connectivity index is 1.81. The molecule has 2 fully saturated rings. The molecule has 0 spiro atoms. The fourth-order valence-electron chi connectivity index (χ4n) is 2.61. The van der Waals surface area contributed by atoms with E-state index in [4.69, 9.17) is 10.00 Å². The summed E-state index contributed by atoms with van der Waals surface area (Å²) in [5, 5.41) is 8.67. The molecule has 0 aromatic carbocycles. The number of rotatable bonds is 3. The first-order valence-corrected chi connectivity index (χ1v) is 6.92. The first-order valence-electron chi connectivity index (χ1n) is 6.92. The van der Waals surface area contributed by atoms with Gasteiger partial charge in [-0.05, 0) is 6.92 Å². The number of carbonyl (C=O) groups excluding carboxylic acids is 1. The van der Waals surface area contributed by atoms with Crippen LogP contribution >= 0.6 is 0 Å². The Morgan fingerprint density at radius 2 is 1.84 bits per heavy atom. The fourth-order valence-corrected chi connectivity index (χ4v) is 2.61. The molecule has 0 bridgehead atoms. The van der Waals surface area contributed by atoms with Gasteiger partial charge in [0.15, 0.2) is 0 Å². The second-order valence-corrected chi connectivity index (χ2v) is 5.08. The highest BCUT2D eigenvalue weighted by Gasteiger charge is 2.29. The van der Waals surface area contributed by atoms with Gasteiger partial charge in [-0.15, -0.1) is 0 Å². The van der Waals surface area contributed by atoms with E-state index in [1.807, 2.05) is 11.8 Å². The Morgan fingerprint density at radius 3 is 2.42 bits per heavy atom. The topological polar surface area (TPSA) is 59.8 Å². The van der Waals surface area contributed by atoms with Crippen LogP contribution in [0.25, 0.3) is 0 Å². The molecule has 2 aliphatic rings. The van der Waals surface area contributed by atoms with Crippen LogP contribution in [0.1, 0.15) is 6.92 Å². The normalized spacial score (nSPS) is 23.9. The van der Waals surface area contributed by atoms with Gasteiger partial charge in [0.2, 0.25) is 5.91 Å². The van der Waals surface area contributed by atoms with Crippen molar-refractivity contribution in [2.24, 2.45) is 0 Å². The molecule has 2 aliphatic heterocycles. The lowest BCUT2D eigenvalue weighted by atomic mass is 10.2. The van der Waals surface area contributed by atoms with E-state index in [2.05, 4.69) is 15.9 Å². The third kappa shape index (κ3) is 3.66. The number of hydrogen-bond donors (Lipinski definition) is 0. The maximum atomic E-state index is 12.4. The van der Waals surface area contributed by atoms with Crippen molar-refractivity contribution in [2.75, 3.05) is 59.0 Å². The maximum absolute atomic E-state index is 12.4. The van der Waals surface area contributed by atoms with E-state index in [1.165, 1.54) is 0 Å². The number of nitrogens with zero attached hydrogens (tertiary/aromatic N) is 4. The van der Waals surface area contributed by atoms with Crippen molar-refractivity contribution in [1.29, 1.82) is 5.26 Å². The molecular formula is C13H22N4O2. The van der Waals surface area contributed by atoms with Gasteiger partial charge >= 0.3 is 0 Å². The highest BCUT2D eigenvalue weighted by molar-refractivity contribution is 5.81. The highest BCUT2D eigenvalue weighted by Crippen LogP contribution is 2.10. The van der Waals surface area contributed by atoms with Crippen LogP contribution in [0.3, 0.4) is 0 Å². The van der Waals surface area contributed by atoms with Gasteiger partial charge in [-0.1, -0.05) is 0 Å². The molecule has 1 atom stereocenters. The second-order valence-electron chi connectivity index (χ2n) is 5.08. The van der Waals surface area contributed by atoms with Gasteiger partial charge < -0.3 is 9.64 Å². The summed E-state index contributed by atoms with van der Waals surface area (Å²) in [6.07, 6.45) is 0. The zero-order valence-corrected chi connectivity index (χ0v) is 11.5. The Bertz CT molecular complexity index is 341. The molecular weight excluding hydrogens is 244 g/mol. The van der Waals surface area contributed by atoms with Gasteiger partial charge in [0, 0.05) is 39.3 Å². The largest absolute Gasteiger partial charge is 0.378 e. The van der Waals surface area contributed by atoms with Crippen molar-refractivity contribution in [3.63, 3.8) is 0 Å². The van der Waals surface area contributed by atoms with Crippen LogP contribution in [0.4, 0.5) is 0 Å². The van der Waals surface area contributed by atoms with Crippen molar-refractivity contribution in [2.45, 2.75) is 13.0 Å². The summed E-state index contributed by atoms with van der Waals surface area (Å²) in [5.41, 5.74) is 0. The predicted molar refractivity (Wildman–Crippen MR) is 70.5 cm³/mol. The Labute approximate surface area is 114 Å². The molecule has 2 saturated heterocycles. The summed E-state index contributed by atoms with van der Waals surface area (Å²) in [4.78, 5) is 18.6. The molecule has 1 amide bonds. The van der Waals surface area contributed by atoms with Gasteiger partial charge in [-0.3, -0.25) is 14.6 Å². The van der Waals surface area contributed by atoms with Crippen LogP contribution in [0, 0.1) is 11.3 Å². The van der Waals surface area contributed by atoms with Gasteiger partial charge in [0.1, 0.15) is 0 Å². The molecule has 0 aromatic rings. The summed E-state index contributed by atoms with van der Waals surface area (Å²) >= 11 is 0. The number of ether oxygens (including phenoxy) is 1. The number of nitriles is 1. The average molecular weight is 266 g/mol. The summed E-state index contributed by atoms with van der Waals surface area (Å²) in [7, 11) is 0. The summed E-state index contributed by atoms with van der Waals surface area (Å²) < 4.78 is 5.27. The van der Waals surface area contributed by atoms with E-state index >= 15 is 0 Å². The Morgan fingerprint density at radius 1 is 1.21 bits per heavy atom. The van der Waals surface area contributed by atoms with E-state index in [1.54, 1.807) is 0 Å². The molecule has 0 N–H and O–H groups in total. The lowest BCUT2D eigenvalue weighted by molar-refractivity contribution is -0.141. The molecule has 6 nitrogen and oxygen atoms in total. The Kier molecular flexibility index (Phi) is 5.14. The van der Waals surface area contributed by atoms with E-state index < -0.39 is 0 Å². The number of amides is 1. The minimum atomic E-state index is -0.0673. The van der Waals surface area contributed by atoms with Crippen LogP contribution < -0.4 is 0 Å². The van der Waals surface area contributed by atoms with E-state index in [0.29, 0.717) is 32.8 Å². The van der Waals surface area contributed by atoms with Crippen molar-refractivity contribution < 1.29 is 9.53 Å². The zero-order valence-electron chi connectivity index (χ0n) is 11.5. The minimum absolute atomic E-state index is 0.0673. The van der Waals surface area contributed by atoms with Gasteiger partial charge in [-0.2, -0.15) is 5.26 Å². The van der Waals surface area contributed by atoms with Crippen molar-refractivity contribution in [3.8, 4) is 6.07 Å². The molecule has 2 heterocycles.